The fourth-order valence-corrected chi connectivity index (χ4v) is 3.01. The van der Waals surface area contributed by atoms with E-state index in [4.69, 9.17) is 0 Å². The molecule has 84 valence electrons. The van der Waals surface area contributed by atoms with Crippen LogP contribution in [0.1, 0.15) is 17.7 Å². The molecule has 1 aromatic rings. The Kier molecular flexibility index (Phi) is 3.01. The van der Waals surface area contributed by atoms with E-state index in [0.717, 1.165) is 0 Å². The van der Waals surface area contributed by atoms with Crippen molar-refractivity contribution in [1.82, 2.24) is 0 Å². The van der Waals surface area contributed by atoms with Crippen LogP contribution < -0.4 is 0 Å². The summed E-state index contributed by atoms with van der Waals surface area (Å²) >= 11 is 1.44. The van der Waals surface area contributed by atoms with Crippen molar-refractivity contribution in [3.05, 3.63) is 47.0 Å². The molecule has 0 radical (unpaired) electrons. The zero-order valence-electron chi connectivity index (χ0n) is 8.74. The van der Waals surface area contributed by atoms with E-state index in [1.54, 1.807) is 12.1 Å². The van der Waals surface area contributed by atoms with Gasteiger partial charge in [-0.05, 0) is 24.6 Å². The summed E-state index contributed by atoms with van der Waals surface area (Å²) in [5.41, 5.74) is 1.14. The fraction of sp³-hybridized carbons (Fsp3) is 0.250. The highest BCUT2D eigenvalue weighted by atomic mass is 32.2. The van der Waals surface area contributed by atoms with Crippen molar-refractivity contribution in [3.63, 3.8) is 0 Å². The lowest BCUT2D eigenvalue weighted by atomic mass is 10.1. The van der Waals surface area contributed by atoms with Crippen LogP contribution in [0.4, 0.5) is 4.39 Å². The third kappa shape index (κ3) is 1.97. The topological polar surface area (TPSA) is 37.3 Å². The molecular weight excluding hydrogens is 227 g/mol. The summed E-state index contributed by atoms with van der Waals surface area (Å²) in [6, 6.07) is 6.09. The molecule has 0 saturated carbocycles. The van der Waals surface area contributed by atoms with E-state index >= 15 is 0 Å². The normalized spacial score (nSPS) is 20.2. The van der Waals surface area contributed by atoms with Gasteiger partial charge in [0.2, 0.25) is 0 Å². The number of hydrogen-bond acceptors (Lipinski definition) is 3. The number of rotatable bonds is 2. The molecule has 0 fully saturated rings. The van der Waals surface area contributed by atoms with Gasteiger partial charge in [0.05, 0.1) is 5.25 Å². The number of Topliss-reactive ketones (excluding diaryl/α,β-unsaturated/α-hetero) is 1. The number of halogens is 1. The zero-order chi connectivity index (χ0) is 11.7. The van der Waals surface area contributed by atoms with Crippen molar-refractivity contribution in [2.75, 3.05) is 5.75 Å². The molecule has 0 aliphatic carbocycles. The zero-order valence-corrected chi connectivity index (χ0v) is 9.55. The molecule has 1 aliphatic rings. The molecule has 0 bridgehead atoms. The van der Waals surface area contributed by atoms with Crippen LogP contribution >= 0.6 is 11.8 Å². The third-order valence-electron chi connectivity index (χ3n) is 2.53. The molecular formula is C12H11FO2S. The van der Waals surface area contributed by atoms with Gasteiger partial charge < -0.3 is 5.11 Å². The number of aliphatic hydroxyl groups excluding tert-OH is 1. The molecule has 1 heterocycles. The Morgan fingerprint density at radius 3 is 2.88 bits per heavy atom. The number of thioether (sulfide) groups is 1. The molecule has 1 N–H and O–H groups in total. The quantitative estimate of drug-likeness (QED) is 0.860. The maximum absolute atomic E-state index is 13.0. The van der Waals surface area contributed by atoms with E-state index in [-0.39, 0.29) is 22.6 Å². The van der Waals surface area contributed by atoms with Gasteiger partial charge in [0.15, 0.2) is 5.78 Å². The number of carbonyl (C=O) groups excluding carboxylic acids is 1. The fourth-order valence-electron chi connectivity index (χ4n) is 1.68. The standard InChI is InChI=1S/C12H11FO2S/c1-7(14)10-6-16-12(11(10)15)8-3-2-4-9(13)5-8/h2-5,12,15H,6H2,1H3. The summed E-state index contributed by atoms with van der Waals surface area (Å²) in [6.45, 7) is 1.43. The Balaban J connectivity index is 2.35. The first-order chi connectivity index (χ1) is 7.59. The van der Waals surface area contributed by atoms with Crippen LogP contribution in [0.2, 0.25) is 0 Å². The highest BCUT2D eigenvalue weighted by molar-refractivity contribution is 8.00. The van der Waals surface area contributed by atoms with E-state index in [9.17, 15) is 14.3 Å². The molecule has 16 heavy (non-hydrogen) atoms. The van der Waals surface area contributed by atoms with Gasteiger partial charge in [-0.25, -0.2) is 4.39 Å². The second-order valence-electron chi connectivity index (χ2n) is 3.67. The van der Waals surface area contributed by atoms with Gasteiger partial charge in [0.1, 0.15) is 11.6 Å². The number of aliphatic hydroxyl groups is 1. The molecule has 4 heteroatoms. The Hall–Kier alpha value is -1.29. The smallest absolute Gasteiger partial charge is 0.160 e. The molecule has 2 rings (SSSR count). The van der Waals surface area contributed by atoms with Crippen LogP contribution in [0.5, 0.6) is 0 Å². The Morgan fingerprint density at radius 1 is 1.56 bits per heavy atom. The lowest BCUT2D eigenvalue weighted by molar-refractivity contribution is -0.113. The lowest BCUT2D eigenvalue weighted by Crippen LogP contribution is -2.00. The van der Waals surface area contributed by atoms with Gasteiger partial charge in [-0.2, -0.15) is 0 Å². The van der Waals surface area contributed by atoms with Crippen LogP contribution in [0.3, 0.4) is 0 Å². The Labute approximate surface area is 97.2 Å². The van der Waals surface area contributed by atoms with Gasteiger partial charge in [0.25, 0.3) is 0 Å². The molecule has 0 amide bonds. The Morgan fingerprint density at radius 2 is 2.31 bits per heavy atom. The minimum absolute atomic E-state index is 0.0723. The average Bonchev–Trinajstić information content (AvgIpc) is 2.60. The van der Waals surface area contributed by atoms with Gasteiger partial charge in [-0.1, -0.05) is 12.1 Å². The van der Waals surface area contributed by atoms with E-state index in [1.165, 1.54) is 30.8 Å². The molecule has 0 spiro atoms. The van der Waals surface area contributed by atoms with Crippen LogP contribution in [-0.4, -0.2) is 16.6 Å². The lowest BCUT2D eigenvalue weighted by Gasteiger charge is -2.09. The van der Waals surface area contributed by atoms with E-state index in [2.05, 4.69) is 0 Å². The first-order valence-electron chi connectivity index (χ1n) is 4.89. The molecule has 1 unspecified atom stereocenters. The molecule has 1 atom stereocenters. The maximum Gasteiger partial charge on any atom is 0.160 e. The van der Waals surface area contributed by atoms with Crippen molar-refractivity contribution < 1.29 is 14.3 Å². The van der Waals surface area contributed by atoms with Crippen molar-refractivity contribution in [2.24, 2.45) is 0 Å². The predicted molar refractivity (Wildman–Crippen MR) is 61.9 cm³/mol. The number of hydrogen-bond donors (Lipinski definition) is 1. The minimum Gasteiger partial charge on any atom is -0.510 e. The van der Waals surface area contributed by atoms with Gasteiger partial charge in [-0.3, -0.25) is 4.79 Å². The largest absolute Gasteiger partial charge is 0.510 e. The third-order valence-corrected chi connectivity index (χ3v) is 3.81. The van der Waals surface area contributed by atoms with E-state index < -0.39 is 0 Å². The number of carbonyl (C=O) groups is 1. The SMILES string of the molecule is CC(=O)C1=C(O)C(c2cccc(F)c2)SC1. The Bertz CT molecular complexity index is 468. The van der Waals surface area contributed by atoms with Crippen molar-refractivity contribution in [1.29, 1.82) is 0 Å². The van der Waals surface area contributed by atoms with Gasteiger partial charge >= 0.3 is 0 Å². The van der Waals surface area contributed by atoms with E-state index in [0.29, 0.717) is 16.9 Å². The van der Waals surface area contributed by atoms with Crippen LogP contribution in [0.15, 0.2) is 35.6 Å². The predicted octanol–water partition coefficient (Wildman–Crippen LogP) is 3.01. The summed E-state index contributed by atoms with van der Waals surface area (Å²) in [5, 5.41) is 9.57. The summed E-state index contributed by atoms with van der Waals surface area (Å²) in [7, 11) is 0. The van der Waals surface area contributed by atoms with Crippen molar-refractivity contribution >= 4 is 17.5 Å². The van der Waals surface area contributed by atoms with Crippen LogP contribution in [0, 0.1) is 5.82 Å². The average molecular weight is 238 g/mol. The van der Waals surface area contributed by atoms with Gasteiger partial charge in [0, 0.05) is 11.3 Å². The monoisotopic (exact) mass is 238 g/mol. The first kappa shape index (κ1) is 11.2. The summed E-state index contributed by atoms with van der Waals surface area (Å²) < 4.78 is 13.0. The van der Waals surface area contributed by atoms with Crippen molar-refractivity contribution in [3.8, 4) is 0 Å². The molecule has 1 aliphatic heterocycles. The minimum atomic E-state index is -0.331. The summed E-state index contributed by atoms with van der Waals surface area (Å²) in [4.78, 5) is 11.2. The molecule has 0 saturated heterocycles. The van der Waals surface area contributed by atoms with E-state index in [1.807, 2.05) is 0 Å². The van der Waals surface area contributed by atoms with Crippen molar-refractivity contribution in [2.45, 2.75) is 12.2 Å². The second kappa shape index (κ2) is 4.29. The highest BCUT2D eigenvalue weighted by Crippen LogP contribution is 2.43. The van der Waals surface area contributed by atoms with Gasteiger partial charge in [-0.15, -0.1) is 11.8 Å². The maximum atomic E-state index is 13.0. The summed E-state index contributed by atoms with van der Waals surface area (Å²) in [6.07, 6.45) is 0. The summed E-state index contributed by atoms with van der Waals surface area (Å²) in [5.74, 6) is 0.108. The molecule has 2 nitrogen and oxygen atoms in total. The van der Waals surface area contributed by atoms with Crippen LogP contribution in [0.25, 0.3) is 0 Å². The molecule has 0 aromatic heterocycles. The van der Waals surface area contributed by atoms with Crippen LogP contribution in [-0.2, 0) is 4.79 Å². The number of ketones is 1. The number of benzene rings is 1. The first-order valence-corrected chi connectivity index (χ1v) is 5.94. The highest BCUT2D eigenvalue weighted by Gasteiger charge is 2.29. The molecule has 1 aromatic carbocycles. The second-order valence-corrected chi connectivity index (χ2v) is 4.76.